The van der Waals surface area contributed by atoms with E-state index in [-0.39, 0.29) is 0 Å². The Morgan fingerprint density at radius 2 is 1.33 bits per heavy atom. The molecule has 0 aliphatic heterocycles. The van der Waals surface area contributed by atoms with E-state index in [1.807, 2.05) is 6.07 Å². The number of rotatable bonds is 5. The van der Waals surface area contributed by atoms with Gasteiger partial charge in [-0.2, -0.15) is 0 Å². The average Bonchev–Trinajstić information content (AvgIpc) is 2.45. The van der Waals surface area contributed by atoms with Crippen LogP contribution in [0.3, 0.4) is 0 Å². The van der Waals surface area contributed by atoms with Gasteiger partial charge in [-0.1, -0.05) is 85.0 Å². The van der Waals surface area contributed by atoms with Gasteiger partial charge in [0, 0.05) is 0 Å². The van der Waals surface area contributed by atoms with Gasteiger partial charge in [-0.3, -0.25) is 0 Å². The molecule has 0 heteroatoms. The topological polar surface area (TPSA) is 0 Å². The predicted molar refractivity (Wildman–Crippen MR) is 79.4 cm³/mol. The third kappa shape index (κ3) is 4.42. The molecule has 2 aromatic rings. The molecule has 0 aromatic heterocycles. The summed E-state index contributed by atoms with van der Waals surface area (Å²) in [6.45, 7) is 0. The molecule has 0 N–H and O–H groups in total. The molecule has 0 aliphatic rings. The molecule has 0 unspecified atom stereocenters. The molecule has 0 aliphatic carbocycles. The largest absolute Gasteiger partial charge is 0.0844 e. The van der Waals surface area contributed by atoms with Gasteiger partial charge >= 0.3 is 0 Å². The minimum atomic E-state index is 0.988. The fraction of sp³-hybridized carbons (Fsp3) is 0.111. The molecule has 90 valence electrons. The van der Waals surface area contributed by atoms with Crippen molar-refractivity contribution in [2.24, 2.45) is 0 Å². The van der Waals surface area contributed by atoms with E-state index < -0.39 is 0 Å². The summed E-state index contributed by atoms with van der Waals surface area (Å²) in [7, 11) is 0. The van der Waals surface area contributed by atoms with E-state index in [0.717, 1.165) is 12.8 Å². The fourth-order valence-corrected chi connectivity index (χ4v) is 1.78. The second kappa shape index (κ2) is 7.29. The average molecular weight is 234 g/mol. The van der Waals surface area contributed by atoms with E-state index in [1.165, 1.54) is 11.1 Å². The molecule has 0 saturated heterocycles. The van der Waals surface area contributed by atoms with Crippen LogP contribution in [0.15, 0.2) is 78.9 Å². The van der Waals surface area contributed by atoms with Crippen LogP contribution in [0, 0.1) is 0 Å². The monoisotopic (exact) mass is 234 g/mol. The molecule has 0 fully saturated rings. The zero-order chi connectivity index (χ0) is 12.5. The van der Waals surface area contributed by atoms with Crippen molar-refractivity contribution in [3.8, 4) is 0 Å². The van der Waals surface area contributed by atoms with Crippen molar-refractivity contribution in [3.05, 3.63) is 90.0 Å². The van der Waals surface area contributed by atoms with Crippen LogP contribution in [0.5, 0.6) is 0 Å². The van der Waals surface area contributed by atoms with Crippen LogP contribution in [-0.4, -0.2) is 0 Å². The van der Waals surface area contributed by atoms with E-state index in [4.69, 9.17) is 0 Å². The van der Waals surface area contributed by atoms with Gasteiger partial charge in [-0.25, -0.2) is 0 Å². The third-order valence-corrected chi connectivity index (χ3v) is 2.75. The van der Waals surface area contributed by atoms with Crippen molar-refractivity contribution in [2.75, 3.05) is 0 Å². The minimum absolute atomic E-state index is 0.988. The first kappa shape index (κ1) is 12.4. The highest BCUT2D eigenvalue weighted by molar-refractivity contribution is 5.48. The first-order chi connectivity index (χ1) is 8.95. The molecule has 2 aromatic carbocycles. The van der Waals surface area contributed by atoms with Crippen molar-refractivity contribution in [3.63, 3.8) is 0 Å². The maximum atomic E-state index is 2.23. The number of benzene rings is 2. The smallest absolute Gasteiger partial charge is 0.00973 e. The lowest BCUT2D eigenvalue weighted by Crippen LogP contribution is -1.77. The minimum Gasteiger partial charge on any atom is -0.0844 e. The standard InChI is InChI=1S/C18H18/c1(5-11-17-13-7-3-8-14-17)2-6-12-18-15-9-4-10-16-18/h1,3-10,12-16H,2,11H2. The van der Waals surface area contributed by atoms with Gasteiger partial charge < -0.3 is 0 Å². The van der Waals surface area contributed by atoms with E-state index in [0.29, 0.717) is 0 Å². The molecule has 0 atom stereocenters. The summed E-state index contributed by atoms with van der Waals surface area (Å²) >= 11 is 0. The molecule has 0 nitrogen and oxygen atoms in total. The fourth-order valence-electron chi connectivity index (χ4n) is 1.78. The van der Waals surface area contributed by atoms with Crippen LogP contribution in [0.1, 0.15) is 17.5 Å². The maximum absolute atomic E-state index is 2.23. The summed E-state index contributed by atoms with van der Waals surface area (Å²) in [4.78, 5) is 0. The summed E-state index contributed by atoms with van der Waals surface area (Å²) in [6, 6.07) is 20.9. The second-order valence-corrected chi connectivity index (χ2v) is 4.21. The second-order valence-electron chi connectivity index (χ2n) is 4.21. The SMILES string of the molecule is C(=CCc1ccccc1)CC=Cc1ccccc1. The normalized spacial score (nSPS) is 11.3. The molecule has 0 radical (unpaired) electrons. The molecule has 0 spiro atoms. The lowest BCUT2D eigenvalue weighted by Gasteiger charge is -1.93. The highest BCUT2D eigenvalue weighted by Gasteiger charge is 1.85. The van der Waals surface area contributed by atoms with Crippen molar-refractivity contribution in [1.82, 2.24) is 0 Å². The van der Waals surface area contributed by atoms with Crippen LogP contribution < -0.4 is 0 Å². The number of hydrogen-bond acceptors (Lipinski definition) is 0. The van der Waals surface area contributed by atoms with E-state index >= 15 is 0 Å². The Hall–Kier alpha value is -2.08. The van der Waals surface area contributed by atoms with Crippen LogP contribution >= 0.6 is 0 Å². The molecule has 0 bridgehead atoms. The summed E-state index contributed by atoms with van der Waals surface area (Å²) in [5, 5.41) is 0. The Labute approximate surface area is 109 Å². The van der Waals surface area contributed by atoms with Crippen molar-refractivity contribution in [2.45, 2.75) is 12.8 Å². The van der Waals surface area contributed by atoms with Crippen LogP contribution in [0.2, 0.25) is 0 Å². The quantitative estimate of drug-likeness (QED) is 0.646. The van der Waals surface area contributed by atoms with E-state index in [9.17, 15) is 0 Å². The lowest BCUT2D eigenvalue weighted by molar-refractivity contribution is 1.24. The first-order valence-corrected chi connectivity index (χ1v) is 6.36. The highest BCUT2D eigenvalue weighted by atomic mass is 13.9. The van der Waals surface area contributed by atoms with Gasteiger partial charge in [0.15, 0.2) is 0 Å². The third-order valence-electron chi connectivity index (χ3n) is 2.75. The molecule has 0 saturated carbocycles. The Morgan fingerprint density at radius 1 is 0.667 bits per heavy atom. The van der Waals surface area contributed by atoms with Crippen molar-refractivity contribution < 1.29 is 0 Å². The molecule has 2 rings (SSSR count). The maximum Gasteiger partial charge on any atom is -0.00973 e. The Morgan fingerprint density at radius 3 is 2.06 bits per heavy atom. The van der Waals surface area contributed by atoms with Gasteiger partial charge in [0.1, 0.15) is 0 Å². The zero-order valence-corrected chi connectivity index (χ0v) is 10.5. The van der Waals surface area contributed by atoms with E-state index in [1.54, 1.807) is 0 Å². The van der Waals surface area contributed by atoms with Crippen LogP contribution in [0.4, 0.5) is 0 Å². The summed E-state index contributed by atoms with van der Waals surface area (Å²) in [5.74, 6) is 0. The molecule has 18 heavy (non-hydrogen) atoms. The summed E-state index contributed by atoms with van der Waals surface area (Å²) in [5.41, 5.74) is 2.62. The lowest BCUT2D eigenvalue weighted by atomic mass is 10.1. The number of allylic oxidation sites excluding steroid dienone is 3. The van der Waals surface area contributed by atoms with Gasteiger partial charge in [0.2, 0.25) is 0 Å². The van der Waals surface area contributed by atoms with Gasteiger partial charge in [-0.05, 0) is 24.0 Å². The molecule has 0 amide bonds. The van der Waals surface area contributed by atoms with Crippen LogP contribution in [-0.2, 0) is 6.42 Å². The van der Waals surface area contributed by atoms with Gasteiger partial charge in [0.25, 0.3) is 0 Å². The first-order valence-electron chi connectivity index (χ1n) is 6.36. The Kier molecular flexibility index (Phi) is 5.01. The van der Waals surface area contributed by atoms with E-state index in [2.05, 4.69) is 78.9 Å². The van der Waals surface area contributed by atoms with Crippen molar-refractivity contribution >= 4 is 6.08 Å². The Bertz CT molecular complexity index is 492. The van der Waals surface area contributed by atoms with Gasteiger partial charge in [0.05, 0.1) is 0 Å². The summed E-state index contributed by atoms with van der Waals surface area (Å²) < 4.78 is 0. The summed E-state index contributed by atoms with van der Waals surface area (Å²) in [6.07, 6.45) is 10.8. The predicted octanol–water partition coefficient (Wildman–Crippen LogP) is 4.89. The molecular weight excluding hydrogens is 216 g/mol. The number of hydrogen-bond donors (Lipinski definition) is 0. The van der Waals surface area contributed by atoms with Crippen molar-refractivity contribution in [1.29, 1.82) is 0 Å². The zero-order valence-electron chi connectivity index (χ0n) is 10.5. The van der Waals surface area contributed by atoms with Crippen LogP contribution in [0.25, 0.3) is 6.08 Å². The molecular formula is C18H18. The molecule has 0 heterocycles. The van der Waals surface area contributed by atoms with Gasteiger partial charge in [-0.15, -0.1) is 0 Å². The highest BCUT2D eigenvalue weighted by Crippen LogP contribution is 2.03. The Balaban J connectivity index is 1.74.